The van der Waals surface area contributed by atoms with Gasteiger partial charge < -0.3 is 13.9 Å². The number of oxazole rings is 1. The number of esters is 1. The van der Waals surface area contributed by atoms with Gasteiger partial charge in [-0.25, -0.2) is 9.48 Å². The molecule has 2 heterocycles. The number of alkyl halides is 3. The molecule has 0 aliphatic rings. The van der Waals surface area contributed by atoms with Crippen LogP contribution >= 0.6 is 0 Å². The Labute approximate surface area is 139 Å². The molecular weight excluding hydrogens is 343 g/mol. The van der Waals surface area contributed by atoms with Crippen molar-refractivity contribution in [3.63, 3.8) is 0 Å². The first-order valence-electron chi connectivity index (χ1n) is 7.15. The van der Waals surface area contributed by atoms with Crippen molar-refractivity contribution in [3.05, 3.63) is 35.9 Å². The number of carbonyl (C=O) groups excluding carboxylic acids is 1. The van der Waals surface area contributed by atoms with Gasteiger partial charge in [0.1, 0.15) is 0 Å². The van der Waals surface area contributed by atoms with Crippen LogP contribution in [0.1, 0.15) is 23.3 Å². The molecule has 0 saturated carbocycles. The third-order valence-corrected chi connectivity index (χ3v) is 3.17. The smallest absolute Gasteiger partial charge is 0.435 e. The molecular formula is C15H12F3N3O4. The standard InChI is InChI=1S/C15H12F3N3O4/c1-3-23-14(22)13-19-12-8(5-4-6-9(12)25-13)24-11-7-10(15(16,17)18)20-21(11)2/h4-7H,3H2,1-2H3. The van der Waals surface area contributed by atoms with Gasteiger partial charge in [0, 0.05) is 13.1 Å². The van der Waals surface area contributed by atoms with E-state index < -0.39 is 17.8 Å². The van der Waals surface area contributed by atoms with Crippen molar-refractivity contribution in [1.29, 1.82) is 0 Å². The Hall–Kier alpha value is -3.04. The molecule has 7 nitrogen and oxygen atoms in total. The molecule has 10 heteroatoms. The zero-order valence-corrected chi connectivity index (χ0v) is 13.1. The lowest BCUT2D eigenvalue weighted by Crippen LogP contribution is -2.06. The normalized spacial score (nSPS) is 11.7. The molecule has 0 spiro atoms. The number of rotatable bonds is 4. The van der Waals surface area contributed by atoms with Crippen LogP contribution in [0.4, 0.5) is 13.2 Å². The van der Waals surface area contributed by atoms with Gasteiger partial charge in [-0.2, -0.15) is 23.3 Å². The van der Waals surface area contributed by atoms with Crippen LogP contribution in [0.2, 0.25) is 0 Å². The number of aryl methyl sites for hydroxylation is 1. The van der Waals surface area contributed by atoms with E-state index in [1.165, 1.54) is 13.1 Å². The van der Waals surface area contributed by atoms with Crippen molar-refractivity contribution in [1.82, 2.24) is 14.8 Å². The molecule has 0 saturated heterocycles. The van der Waals surface area contributed by atoms with Crippen LogP contribution in [0.15, 0.2) is 28.7 Å². The van der Waals surface area contributed by atoms with Gasteiger partial charge in [0.05, 0.1) is 6.61 Å². The van der Waals surface area contributed by atoms with Crippen LogP contribution in [-0.2, 0) is 18.0 Å². The molecule has 2 aromatic heterocycles. The first-order chi connectivity index (χ1) is 11.8. The summed E-state index contributed by atoms with van der Waals surface area (Å²) in [7, 11) is 1.32. The van der Waals surface area contributed by atoms with Gasteiger partial charge in [0.25, 0.3) is 0 Å². The molecule has 0 unspecified atom stereocenters. The number of para-hydroxylation sites is 1. The molecule has 0 radical (unpaired) electrons. The number of carbonyl (C=O) groups is 1. The monoisotopic (exact) mass is 355 g/mol. The van der Waals surface area contributed by atoms with Crippen molar-refractivity contribution in [2.75, 3.05) is 6.61 Å². The average molecular weight is 355 g/mol. The van der Waals surface area contributed by atoms with Gasteiger partial charge in [0.2, 0.25) is 5.88 Å². The van der Waals surface area contributed by atoms with Crippen LogP contribution < -0.4 is 4.74 Å². The highest BCUT2D eigenvalue weighted by molar-refractivity contribution is 5.90. The van der Waals surface area contributed by atoms with E-state index in [4.69, 9.17) is 13.9 Å². The van der Waals surface area contributed by atoms with E-state index in [9.17, 15) is 18.0 Å². The highest BCUT2D eigenvalue weighted by atomic mass is 19.4. The summed E-state index contributed by atoms with van der Waals surface area (Å²) in [5.74, 6) is -1.03. The number of fused-ring (bicyclic) bond motifs is 1. The number of hydrogen-bond donors (Lipinski definition) is 0. The molecule has 132 valence electrons. The lowest BCUT2D eigenvalue weighted by atomic mass is 10.3. The van der Waals surface area contributed by atoms with Gasteiger partial charge in [0.15, 0.2) is 22.5 Å². The second kappa shape index (κ2) is 6.11. The third kappa shape index (κ3) is 3.28. The topological polar surface area (TPSA) is 79.4 Å². The van der Waals surface area contributed by atoms with Crippen molar-refractivity contribution in [3.8, 4) is 11.6 Å². The second-order valence-electron chi connectivity index (χ2n) is 4.93. The van der Waals surface area contributed by atoms with E-state index in [0.717, 1.165) is 10.7 Å². The summed E-state index contributed by atoms with van der Waals surface area (Å²) in [6.45, 7) is 1.78. The summed E-state index contributed by atoms with van der Waals surface area (Å²) in [6.07, 6.45) is -4.59. The highest BCUT2D eigenvalue weighted by Gasteiger charge is 2.35. The number of ether oxygens (including phenoxy) is 2. The molecule has 0 aliphatic carbocycles. The van der Waals surface area contributed by atoms with Crippen molar-refractivity contribution in [2.24, 2.45) is 7.05 Å². The Morgan fingerprint density at radius 2 is 2.12 bits per heavy atom. The Bertz CT molecular complexity index is 930. The number of hydrogen-bond acceptors (Lipinski definition) is 6. The van der Waals surface area contributed by atoms with E-state index in [-0.39, 0.29) is 35.2 Å². The molecule has 1 aromatic carbocycles. The Balaban J connectivity index is 1.97. The SMILES string of the molecule is CCOC(=O)c1nc2c(Oc3cc(C(F)(F)F)nn3C)cccc2o1. The number of aromatic nitrogens is 3. The number of nitrogens with zero attached hydrogens (tertiary/aromatic N) is 3. The van der Waals surface area contributed by atoms with Crippen molar-refractivity contribution < 1.29 is 31.9 Å². The lowest BCUT2D eigenvalue weighted by molar-refractivity contribution is -0.141. The fourth-order valence-corrected chi connectivity index (χ4v) is 2.08. The van der Waals surface area contributed by atoms with E-state index in [1.807, 2.05) is 0 Å². The summed E-state index contributed by atoms with van der Waals surface area (Å²) in [4.78, 5) is 15.7. The Kier molecular flexibility index (Phi) is 4.11. The van der Waals surface area contributed by atoms with Crippen LogP contribution in [-0.4, -0.2) is 27.3 Å². The third-order valence-electron chi connectivity index (χ3n) is 3.17. The lowest BCUT2D eigenvalue weighted by Gasteiger charge is -2.04. The summed E-state index contributed by atoms with van der Waals surface area (Å²) in [6, 6.07) is 5.35. The fraction of sp³-hybridized carbons (Fsp3) is 0.267. The van der Waals surface area contributed by atoms with Gasteiger partial charge in [-0.1, -0.05) is 6.07 Å². The van der Waals surface area contributed by atoms with E-state index >= 15 is 0 Å². The van der Waals surface area contributed by atoms with Crippen LogP contribution in [0, 0.1) is 0 Å². The summed E-state index contributed by atoms with van der Waals surface area (Å²) in [5.41, 5.74) is -0.663. The quantitative estimate of drug-likeness (QED) is 0.666. The molecule has 0 fully saturated rings. The summed E-state index contributed by atoms with van der Waals surface area (Å²) in [5, 5.41) is 3.36. The van der Waals surface area contributed by atoms with Gasteiger partial charge in [-0.15, -0.1) is 0 Å². The van der Waals surface area contributed by atoms with E-state index in [1.54, 1.807) is 19.1 Å². The predicted molar refractivity (Wildman–Crippen MR) is 78.2 cm³/mol. The van der Waals surface area contributed by atoms with Crippen LogP contribution in [0.3, 0.4) is 0 Å². The van der Waals surface area contributed by atoms with E-state index in [0.29, 0.717) is 0 Å². The Morgan fingerprint density at radius 1 is 1.36 bits per heavy atom. The number of halogens is 3. The molecule has 0 bridgehead atoms. The van der Waals surface area contributed by atoms with Crippen LogP contribution in [0.5, 0.6) is 11.6 Å². The minimum atomic E-state index is -4.59. The maximum atomic E-state index is 12.7. The molecule has 25 heavy (non-hydrogen) atoms. The highest BCUT2D eigenvalue weighted by Crippen LogP contribution is 2.34. The minimum absolute atomic E-state index is 0.119. The maximum Gasteiger partial charge on any atom is 0.435 e. The van der Waals surface area contributed by atoms with E-state index in [2.05, 4.69) is 10.1 Å². The first-order valence-corrected chi connectivity index (χ1v) is 7.15. The molecule has 3 aromatic rings. The van der Waals surface area contributed by atoms with Crippen LogP contribution in [0.25, 0.3) is 11.1 Å². The molecule has 3 rings (SSSR count). The Morgan fingerprint density at radius 3 is 2.76 bits per heavy atom. The largest absolute Gasteiger partial charge is 0.459 e. The second-order valence-corrected chi connectivity index (χ2v) is 4.93. The zero-order chi connectivity index (χ0) is 18.2. The molecule has 0 amide bonds. The van der Waals surface area contributed by atoms with Gasteiger partial charge in [-0.05, 0) is 19.1 Å². The zero-order valence-electron chi connectivity index (χ0n) is 13.1. The van der Waals surface area contributed by atoms with Gasteiger partial charge in [-0.3, -0.25) is 0 Å². The summed E-state index contributed by atoms with van der Waals surface area (Å²) < 4.78 is 54.7. The number of benzene rings is 1. The molecule has 0 atom stereocenters. The average Bonchev–Trinajstić information content (AvgIpc) is 3.12. The van der Waals surface area contributed by atoms with Crippen molar-refractivity contribution >= 4 is 17.1 Å². The predicted octanol–water partition coefficient (Wildman–Crippen LogP) is 3.55. The minimum Gasteiger partial charge on any atom is -0.459 e. The first kappa shape index (κ1) is 16.8. The molecule has 0 N–H and O–H groups in total. The fourth-order valence-electron chi connectivity index (χ4n) is 2.08. The summed E-state index contributed by atoms with van der Waals surface area (Å²) >= 11 is 0. The van der Waals surface area contributed by atoms with Crippen molar-refractivity contribution in [2.45, 2.75) is 13.1 Å². The van der Waals surface area contributed by atoms with Gasteiger partial charge >= 0.3 is 18.0 Å². The maximum absolute atomic E-state index is 12.7. The molecule has 0 aliphatic heterocycles.